The topological polar surface area (TPSA) is 95.3 Å². The van der Waals surface area contributed by atoms with Crippen molar-refractivity contribution in [2.24, 2.45) is 0 Å². The molecule has 0 unspecified atom stereocenters. The highest BCUT2D eigenvalue weighted by Gasteiger charge is 2.33. The van der Waals surface area contributed by atoms with Gasteiger partial charge in [-0.25, -0.2) is 4.68 Å². The molecule has 1 N–H and O–H groups in total. The van der Waals surface area contributed by atoms with Crippen molar-refractivity contribution >= 4 is 33.1 Å². The Bertz CT molecular complexity index is 1140. The molecule has 1 aliphatic rings. The van der Waals surface area contributed by atoms with Crippen LogP contribution in [0.1, 0.15) is 37.6 Å². The van der Waals surface area contributed by atoms with E-state index < -0.39 is 0 Å². The molecule has 0 radical (unpaired) electrons. The monoisotopic (exact) mass is 428 g/mol. The number of anilines is 1. The molecule has 1 atom stereocenters. The van der Waals surface area contributed by atoms with Crippen LogP contribution in [0, 0.1) is 0 Å². The quantitative estimate of drug-likeness (QED) is 0.648. The number of fused-ring (bicyclic) bond motifs is 3. The SMILES string of the molecule is CCOc1ccc(NC(=O)Cn2nnc3sc4c(c3c2=O)C[C@@](C)(CC)OC4)cc1. The molecule has 9 heteroatoms. The summed E-state index contributed by atoms with van der Waals surface area (Å²) in [6.45, 7) is 6.87. The Hall–Kier alpha value is -2.78. The van der Waals surface area contributed by atoms with E-state index in [1.165, 1.54) is 11.3 Å². The molecule has 0 aliphatic carbocycles. The molecule has 0 bridgehead atoms. The maximum atomic E-state index is 13.1. The van der Waals surface area contributed by atoms with E-state index >= 15 is 0 Å². The molecule has 30 heavy (non-hydrogen) atoms. The van der Waals surface area contributed by atoms with Crippen LogP contribution in [0.2, 0.25) is 0 Å². The molecule has 0 saturated heterocycles. The Balaban J connectivity index is 1.56. The van der Waals surface area contributed by atoms with Gasteiger partial charge in [-0.15, -0.1) is 16.4 Å². The van der Waals surface area contributed by atoms with Crippen molar-refractivity contribution < 1.29 is 14.3 Å². The summed E-state index contributed by atoms with van der Waals surface area (Å²) < 4.78 is 12.5. The Morgan fingerprint density at radius 1 is 1.33 bits per heavy atom. The molecule has 0 saturated carbocycles. The van der Waals surface area contributed by atoms with Crippen LogP contribution in [0.5, 0.6) is 5.75 Å². The minimum atomic E-state index is -0.347. The van der Waals surface area contributed by atoms with E-state index in [0.717, 1.165) is 27.3 Å². The zero-order valence-electron chi connectivity index (χ0n) is 17.2. The number of aromatic nitrogens is 3. The molecule has 4 rings (SSSR count). The molecule has 2 aromatic heterocycles. The standard InChI is InChI=1S/C21H24N4O4S/c1-4-21(3)10-15-16(12-29-21)30-19-18(15)20(27)25(24-23-19)11-17(26)22-13-6-8-14(9-7-13)28-5-2/h6-9H,4-5,10-12H2,1-3H3,(H,22,26)/t21-/m1/s1. The Morgan fingerprint density at radius 2 is 2.10 bits per heavy atom. The van der Waals surface area contributed by atoms with Gasteiger partial charge in [0, 0.05) is 17.0 Å². The molecule has 1 aromatic carbocycles. The molecule has 1 aliphatic heterocycles. The third-order valence-corrected chi connectivity index (χ3v) is 6.45. The molecule has 0 spiro atoms. The van der Waals surface area contributed by atoms with Gasteiger partial charge < -0.3 is 14.8 Å². The van der Waals surface area contributed by atoms with Crippen molar-refractivity contribution in [3.63, 3.8) is 0 Å². The van der Waals surface area contributed by atoms with Gasteiger partial charge >= 0.3 is 0 Å². The van der Waals surface area contributed by atoms with E-state index in [0.29, 0.717) is 35.5 Å². The summed E-state index contributed by atoms with van der Waals surface area (Å²) >= 11 is 1.44. The summed E-state index contributed by atoms with van der Waals surface area (Å²) in [5, 5.41) is 11.5. The fraction of sp³-hybridized carbons (Fsp3) is 0.429. The van der Waals surface area contributed by atoms with Crippen LogP contribution >= 0.6 is 11.3 Å². The summed E-state index contributed by atoms with van der Waals surface area (Å²) in [7, 11) is 0. The average Bonchev–Trinajstić information content (AvgIpc) is 3.10. The normalized spacial score (nSPS) is 18.2. The molecule has 3 aromatic rings. The third-order valence-electron chi connectivity index (χ3n) is 5.36. The number of hydrogen-bond donors (Lipinski definition) is 1. The summed E-state index contributed by atoms with van der Waals surface area (Å²) in [6, 6.07) is 7.06. The van der Waals surface area contributed by atoms with Gasteiger partial charge in [0.25, 0.3) is 5.56 Å². The predicted molar refractivity (Wildman–Crippen MR) is 115 cm³/mol. The van der Waals surface area contributed by atoms with Gasteiger partial charge in [-0.3, -0.25) is 9.59 Å². The van der Waals surface area contributed by atoms with Crippen molar-refractivity contribution in [1.82, 2.24) is 15.0 Å². The highest BCUT2D eigenvalue weighted by atomic mass is 32.1. The summed E-state index contributed by atoms with van der Waals surface area (Å²) in [6.07, 6.45) is 1.50. The van der Waals surface area contributed by atoms with Gasteiger partial charge in [-0.05, 0) is 50.1 Å². The van der Waals surface area contributed by atoms with Crippen molar-refractivity contribution in [1.29, 1.82) is 0 Å². The minimum Gasteiger partial charge on any atom is -0.494 e. The van der Waals surface area contributed by atoms with Crippen LogP contribution in [0.4, 0.5) is 5.69 Å². The van der Waals surface area contributed by atoms with Crippen LogP contribution in [-0.4, -0.2) is 33.1 Å². The van der Waals surface area contributed by atoms with Crippen molar-refractivity contribution in [2.45, 2.75) is 52.4 Å². The van der Waals surface area contributed by atoms with Gasteiger partial charge in [0.2, 0.25) is 5.91 Å². The Morgan fingerprint density at radius 3 is 2.80 bits per heavy atom. The first-order valence-electron chi connectivity index (χ1n) is 9.97. The van der Waals surface area contributed by atoms with Crippen molar-refractivity contribution in [3.8, 4) is 5.75 Å². The lowest BCUT2D eigenvalue weighted by Gasteiger charge is -2.32. The lowest BCUT2D eigenvalue weighted by Crippen LogP contribution is -2.35. The maximum Gasteiger partial charge on any atom is 0.279 e. The number of hydrogen-bond acceptors (Lipinski definition) is 7. The highest BCUT2D eigenvalue weighted by molar-refractivity contribution is 7.18. The van der Waals surface area contributed by atoms with E-state index in [9.17, 15) is 9.59 Å². The van der Waals surface area contributed by atoms with E-state index in [1.807, 2.05) is 6.92 Å². The van der Waals surface area contributed by atoms with Crippen LogP contribution in [-0.2, 0) is 29.1 Å². The van der Waals surface area contributed by atoms with E-state index in [-0.39, 0.29) is 23.6 Å². The number of carbonyl (C=O) groups is 1. The van der Waals surface area contributed by atoms with Gasteiger partial charge in [-0.2, -0.15) is 0 Å². The van der Waals surface area contributed by atoms with Crippen LogP contribution < -0.4 is 15.6 Å². The number of carbonyl (C=O) groups excluding carboxylic acids is 1. The average molecular weight is 429 g/mol. The second kappa shape index (κ2) is 8.16. The number of amides is 1. The summed E-state index contributed by atoms with van der Waals surface area (Å²) in [5.41, 5.74) is 1.01. The van der Waals surface area contributed by atoms with Crippen molar-refractivity contribution in [3.05, 3.63) is 45.1 Å². The molecule has 1 amide bonds. The largest absolute Gasteiger partial charge is 0.494 e. The third kappa shape index (κ3) is 3.95. The van der Waals surface area contributed by atoms with E-state index in [4.69, 9.17) is 9.47 Å². The molecular weight excluding hydrogens is 404 g/mol. The Kier molecular flexibility index (Phi) is 5.57. The zero-order valence-corrected chi connectivity index (χ0v) is 18.0. The summed E-state index contributed by atoms with van der Waals surface area (Å²) in [5.74, 6) is 0.383. The minimum absolute atomic E-state index is 0.207. The van der Waals surface area contributed by atoms with Gasteiger partial charge in [0.15, 0.2) is 4.83 Å². The number of nitrogens with one attached hydrogen (secondary N) is 1. The van der Waals surface area contributed by atoms with Crippen LogP contribution in [0.25, 0.3) is 10.2 Å². The predicted octanol–water partition coefficient (Wildman–Crippen LogP) is 3.13. The summed E-state index contributed by atoms with van der Waals surface area (Å²) in [4.78, 5) is 27.2. The van der Waals surface area contributed by atoms with Gasteiger partial charge in [0.1, 0.15) is 12.3 Å². The maximum absolute atomic E-state index is 13.1. The molecule has 0 fully saturated rings. The number of benzene rings is 1. The molecule has 158 valence electrons. The number of thiophene rings is 1. The second-order valence-corrected chi connectivity index (χ2v) is 8.59. The zero-order chi connectivity index (χ0) is 21.3. The fourth-order valence-corrected chi connectivity index (χ4v) is 4.53. The van der Waals surface area contributed by atoms with Crippen molar-refractivity contribution in [2.75, 3.05) is 11.9 Å². The fourth-order valence-electron chi connectivity index (χ4n) is 3.49. The van der Waals surface area contributed by atoms with E-state index in [2.05, 4.69) is 29.5 Å². The second-order valence-electron chi connectivity index (χ2n) is 7.51. The molecule has 8 nitrogen and oxygen atoms in total. The number of rotatable bonds is 6. The van der Waals surface area contributed by atoms with Crippen LogP contribution in [0.3, 0.4) is 0 Å². The first-order chi connectivity index (χ1) is 14.4. The first-order valence-corrected chi connectivity index (χ1v) is 10.8. The number of ether oxygens (including phenoxy) is 2. The highest BCUT2D eigenvalue weighted by Crippen LogP contribution is 2.37. The first kappa shape index (κ1) is 20.5. The Labute approximate surface area is 177 Å². The number of nitrogens with zero attached hydrogens (tertiary/aromatic N) is 3. The molecular formula is C21H24N4O4S. The lowest BCUT2D eigenvalue weighted by molar-refractivity contribution is -0.117. The lowest BCUT2D eigenvalue weighted by atomic mass is 9.90. The van der Waals surface area contributed by atoms with Gasteiger partial charge in [-0.1, -0.05) is 12.1 Å². The van der Waals surface area contributed by atoms with Gasteiger partial charge in [0.05, 0.1) is 24.2 Å². The van der Waals surface area contributed by atoms with E-state index in [1.54, 1.807) is 24.3 Å². The molecule has 3 heterocycles. The smallest absolute Gasteiger partial charge is 0.279 e. The van der Waals surface area contributed by atoms with Crippen LogP contribution in [0.15, 0.2) is 29.1 Å².